The third-order valence-electron chi connectivity index (χ3n) is 3.83. The third-order valence-corrected chi connectivity index (χ3v) is 3.83. The number of anilines is 1. The van der Waals surface area contributed by atoms with E-state index >= 15 is 0 Å². The number of amides is 1. The Labute approximate surface area is 126 Å². The zero-order valence-electron chi connectivity index (χ0n) is 13.2. The summed E-state index contributed by atoms with van der Waals surface area (Å²) in [6, 6.07) is 4.14. The van der Waals surface area contributed by atoms with Gasteiger partial charge in [0.25, 0.3) is 5.91 Å². The van der Waals surface area contributed by atoms with E-state index in [1.807, 2.05) is 6.07 Å². The second-order valence-corrected chi connectivity index (χ2v) is 5.63. The van der Waals surface area contributed by atoms with E-state index in [-0.39, 0.29) is 5.91 Å². The highest BCUT2D eigenvalue weighted by Crippen LogP contribution is 2.22. The van der Waals surface area contributed by atoms with Crippen LogP contribution in [0.25, 0.3) is 0 Å². The number of nitrogens with one attached hydrogen (secondary N) is 1. The number of rotatable bonds is 5. The molecule has 0 spiro atoms. The van der Waals surface area contributed by atoms with Gasteiger partial charge in [-0.1, -0.05) is 6.92 Å². The molecule has 0 radical (unpaired) electrons. The van der Waals surface area contributed by atoms with E-state index in [0.717, 1.165) is 25.5 Å². The van der Waals surface area contributed by atoms with Crippen LogP contribution in [0.4, 0.5) is 5.82 Å². The molecule has 2 heterocycles. The highest BCUT2D eigenvalue weighted by atomic mass is 16.2. The van der Waals surface area contributed by atoms with Gasteiger partial charge in [0.05, 0.1) is 0 Å². The van der Waals surface area contributed by atoms with E-state index in [1.165, 1.54) is 24.2 Å². The molecule has 0 saturated carbocycles. The fourth-order valence-corrected chi connectivity index (χ4v) is 2.65. The molecule has 1 amide bonds. The number of nitrogens with zero attached hydrogens (tertiary/aromatic N) is 4. The Morgan fingerprint density at radius 1 is 1.38 bits per heavy atom. The molecular formula is C15H25N5O. The Balaban J connectivity index is 2.10. The lowest BCUT2D eigenvalue weighted by Crippen LogP contribution is -2.46. The SMILES string of the molecule is CCNCC1CCCCN1c1ccc(C(=O)N(C)C)nn1. The van der Waals surface area contributed by atoms with Crippen molar-refractivity contribution in [3.63, 3.8) is 0 Å². The van der Waals surface area contributed by atoms with Crippen molar-refractivity contribution in [1.82, 2.24) is 20.4 Å². The first kappa shape index (κ1) is 15.7. The van der Waals surface area contributed by atoms with Crippen LogP contribution in [-0.2, 0) is 0 Å². The van der Waals surface area contributed by atoms with Gasteiger partial charge in [-0.2, -0.15) is 0 Å². The van der Waals surface area contributed by atoms with Crippen LogP contribution in [0.15, 0.2) is 12.1 Å². The Kier molecular flexibility index (Phi) is 5.50. The van der Waals surface area contributed by atoms with Crippen molar-refractivity contribution in [2.24, 2.45) is 0 Å². The van der Waals surface area contributed by atoms with Crippen LogP contribution in [-0.4, -0.2) is 60.8 Å². The summed E-state index contributed by atoms with van der Waals surface area (Å²) >= 11 is 0. The fourth-order valence-electron chi connectivity index (χ4n) is 2.65. The predicted molar refractivity (Wildman–Crippen MR) is 83.6 cm³/mol. The highest BCUT2D eigenvalue weighted by Gasteiger charge is 2.23. The number of likely N-dealkylation sites (N-methyl/N-ethyl adjacent to an activating group) is 1. The molecule has 1 N–H and O–H groups in total. The monoisotopic (exact) mass is 291 g/mol. The number of carbonyl (C=O) groups is 1. The molecule has 116 valence electrons. The summed E-state index contributed by atoms with van der Waals surface area (Å²) in [4.78, 5) is 15.7. The highest BCUT2D eigenvalue weighted by molar-refractivity contribution is 5.91. The number of carbonyl (C=O) groups excluding carboxylic acids is 1. The van der Waals surface area contributed by atoms with Gasteiger partial charge in [-0.25, -0.2) is 0 Å². The first-order chi connectivity index (χ1) is 10.1. The maximum absolute atomic E-state index is 11.8. The normalized spacial score (nSPS) is 18.6. The van der Waals surface area contributed by atoms with Crippen LogP contribution in [0.3, 0.4) is 0 Å². The summed E-state index contributed by atoms with van der Waals surface area (Å²) in [5, 5.41) is 11.8. The van der Waals surface area contributed by atoms with E-state index in [2.05, 4.69) is 27.3 Å². The lowest BCUT2D eigenvalue weighted by atomic mass is 10.0. The molecule has 1 aromatic rings. The van der Waals surface area contributed by atoms with Crippen LogP contribution < -0.4 is 10.2 Å². The Morgan fingerprint density at radius 2 is 2.19 bits per heavy atom. The van der Waals surface area contributed by atoms with Gasteiger partial charge in [0, 0.05) is 33.2 Å². The van der Waals surface area contributed by atoms with E-state index in [9.17, 15) is 4.79 Å². The maximum atomic E-state index is 11.8. The van der Waals surface area contributed by atoms with Gasteiger partial charge >= 0.3 is 0 Å². The summed E-state index contributed by atoms with van der Waals surface area (Å²) in [7, 11) is 3.43. The van der Waals surface area contributed by atoms with Crippen molar-refractivity contribution in [1.29, 1.82) is 0 Å². The number of hydrogen-bond donors (Lipinski definition) is 1. The van der Waals surface area contributed by atoms with Crippen LogP contribution in [0.1, 0.15) is 36.7 Å². The second-order valence-electron chi connectivity index (χ2n) is 5.63. The summed E-state index contributed by atoms with van der Waals surface area (Å²) in [6.07, 6.45) is 3.62. The summed E-state index contributed by atoms with van der Waals surface area (Å²) in [6.45, 7) is 5.07. The summed E-state index contributed by atoms with van der Waals surface area (Å²) in [5.41, 5.74) is 0.393. The molecule has 0 bridgehead atoms. The van der Waals surface area contributed by atoms with Crippen molar-refractivity contribution >= 4 is 11.7 Å². The van der Waals surface area contributed by atoms with Crippen molar-refractivity contribution in [2.75, 3.05) is 38.6 Å². The molecule has 6 nitrogen and oxygen atoms in total. The third kappa shape index (κ3) is 3.91. The van der Waals surface area contributed by atoms with Crippen LogP contribution in [0.5, 0.6) is 0 Å². The van der Waals surface area contributed by atoms with Gasteiger partial charge in [-0.05, 0) is 37.9 Å². The second kappa shape index (κ2) is 7.36. The lowest BCUT2D eigenvalue weighted by molar-refractivity contribution is 0.0821. The topological polar surface area (TPSA) is 61.4 Å². The molecule has 6 heteroatoms. The number of hydrogen-bond acceptors (Lipinski definition) is 5. The summed E-state index contributed by atoms with van der Waals surface area (Å²) in [5.74, 6) is 0.754. The molecule has 21 heavy (non-hydrogen) atoms. The first-order valence-corrected chi connectivity index (χ1v) is 7.66. The number of piperidine rings is 1. The summed E-state index contributed by atoms with van der Waals surface area (Å²) < 4.78 is 0. The van der Waals surface area contributed by atoms with Crippen LogP contribution >= 0.6 is 0 Å². The van der Waals surface area contributed by atoms with Crippen molar-refractivity contribution in [2.45, 2.75) is 32.2 Å². The molecule has 1 aromatic heterocycles. The minimum Gasteiger partial charge on any atom is -0.351 e. The fraction of sp³-hybridized carbons (Fsp3) is 0.667. The zero-order chi connectivity index (χ0) is 15.2. The Bertz CT molecular complexity index is 460. The van der Waals surface area contributed by atoms with Crippen LogP contribution in [0.2, 0.25) is 0 Å². The van der Waals surface area contributed by atoms with Gasteiger partial charge in [0.2, 0.25) is 0 Å². The molecule has 1 saturated heterocycles. The average molecular weight is 291 g/mol. The van der Waals surface area contributed by atoms with Gasteiger partial charge < -0.3 is 15.1 Å². The van der Waals surface area contributed by atoms with Crippen molar-refractivity contribution in [3.8, 4) is 0 Å². The molecule has 1 aliphatic rings. The van der Waals surface area contributed by atoms with E-state index in [1.54, 1.807) is 20.2 Å². The maximum Gasteiger partial charge on any atom is 0.273 e. The van der Waals surface area contributed by atoms with Gasteiger partial charge in [-0.3, -0.25) is 4.79 Å². The smallest absolute Gasteiger partial charge is 0.273 e. The number of aromatic nitrogens is 2. The largest absolute Gasteiger partial charge is 0.351 e. The zero-order valence-corrected chi connectivity index (χ0v) is 13.2. The van der Waals surface area contributed by atoms with Gasteiger partial charge in [-0.15, -0.1) is 10.2 Å². The quantitative estimate of drug-likeness (QED) is 0.881. The molecule has 1 aliphatic heterocycles. The molecule has 1 unspecified atom stereocenters. The minimum absolute atomic E-state index is 0.114. The molecule has 2 rings (SSSR count). The predicted octanol–water partition coefficient (Wildman–Crippen LogP) is 1.15. The first-order valence-electron chi connectivity index (χ1n) is 7.66. The standard InChI is InChI=1S/C15H25N5O/c1-4-16-11-12-7-5-6-10-20(12)14-9-8-13(17-18-14)15(21)19(2)3/h8-9,12,16H,4-7,10-11H2,1-3H3. The van der Waals surface area contributed by atoms with E-state index in [4.69, 9.17) is 0 Å². The molecular weight excluding hydrogens is 266 g/mol. The Hall–Kier alpha value is -1.69. The molecule has 1 fully saturated rings. The molecule has 1 atom stereocenters. The van der Waals surface area contributed by atoms with E-state index < -0.39 is 0 Å². The molecule has 0 aliphatic carbocycles. The Morgan fingerprint density at radius 3 is 2.81 bits per heavy atom. The van der Waals surface area contributed by atoms with Gasteiger partial charge in [0.15, 0.2) is 11.5 Å². The van der Waals surface area contributed by atoms with Gasteiger partial charge in [0.1, 0.15) is 0 Å². The van der Waals surface area contributed by atoms with Crippen molar-refractivity contribution in [3.05, 3.63) is 17.8 Å². The van der Waals surface area contributed by atoms with Crippen molar-refractivity contribution < 1.29 is 4.79 Å². The van der Waals surface area contributed by atoms with E-state index in [0.29, 0.717) is 11.7 Å². The average Bonchev–Trinajstić information content (AvgIpc) is 2.52. The molecule has 0 aromatic carbocycles. The van der Waals surface area contributed by atoms with Crippen LogP contribution in [0, 0.1) is 0 Å². The lowest BCUT2D eigenvalue weighted by Gasteiger charge is -2.36. The minimum atomic E-state index is -0.114.